The fourth-order valence-electron chi connectivity index (χ4n) is 1.96. The summed E-state index contributed by atoms with van der Waals surface area (Å²) in [5.41, 5.74) is 1.94. The maximum atomic E-state index is 11.7. The Labute approximate surface area is 109 Å². The fraction of sp³-hybridized carbons (Fsp3) is 0.0714. The van der Waals surface area contributed by atoms with Crippen molar-refractivity contribution in [3.05, 3.63) is 47.8 Å². The summed E-state index contributed by atoms with van der Waals surface area (Å²) in [5, 5.41) is 3.51. The first-order valence-electron chi connectivity index (χ1n) is 5.81. The summed E-state index contributed by atoms with van der Waals surface area (Å²) in [6.07, 6.45) is 3.30. The highest BCUT2D eigenvalue weighted by atomic mass is 16.2. The van der Waals surface area contributed by atoms with Crippen LogP contribution < -0.4 is 5.32 Å². The van der Waals surface area contributed by atoms with E-state index in [-0.39, 0.29) is 11.6 Å². The SMILES string of the molecule is CN1C(=O)NC(=Cc2cnc3ccccc3c2)C1=O. The molecule has 0 radical (unpaired) electrons. The number of carbonyl (C=O) groups excluding carboxylic acids is 2. The number of fused-ring (bicyclic) bond motifs is 1. The van der Waals surface area contributed by atoms with E-state index in [1.807, 2.05) is 30.3 Å². The van der Waals surface area contributed by atoms with Gasteiger partial charge in [0.2, 0.25) is 0 Å². The van der Waals surface area contributed by atoms with Crippen LogP contribution in [0.2, 0.25) is 0 Å². The number of hydrogen-bond donors (Lipinski definition) is 1. The third kappa shape index (κ3) is 1.95. The number of amides is 3. The van der Waals surface area contributed by atoms with Crippen LogP contribution >= 0.6 is 0 Å². The largest absolute Gasteiger partial charge is 0.328 e. The van der Waals surface area contributed by atoms with Crippen molar-refractivity contribution in [1.29, 1.82) is 0 Å². The number of hydrogen-bond acceptors (Lipinski definition) is 3. The van der Waals surface area contributed by atoms with E-state index >= 15 is 0 Å². The van der Waals surface area contributed by atoms with E-state index in [0.717, 1.165) is 21.4 Å². The van der Waals surface area contributed by atoms with Gasteiger partial charge in [-0.15, -0.1) is 0 Å². The average Bonchev–Trinajstić information content (AvgIpc) is 2.66. The van der Waals surface area contributed by atoms with Crippen molar-refractivity contribution in [2.45, 2.75) is 0 Å². The number of nitrogens with one attached hydrogen (secondary N) is 1. The first-order valence-corrected chi connectivity index (χ1v) is 5.81. The quantitative estimate of drug-likeness (QED) is 0.622. The van der Waals surface area contributed by atoms with Crippen LogP contribution in [0.4, 0.5) is 4.79 Å². The summed E-state index contributed by atoms with van der Waals surface area (Å²) in [4.78, 5) is 28.4. The minimum Gasteiger partial charge on any atom is -0.303 e. The van der Waals surface area contributed by atoms with E-state index in [1.54, 1.807) is 12.3 Å². The standard InChI is InChI=1S/C14H11N3O2/c1-17-13(18)12(16-14(17)19)7-9-6-10-4-2-3-5-11(10)15-8-9/h2-8H,1H3,(H,16,19). The van der Waals surface area contributed by atoms with Crippen molar-refractivity contribution in [2.24, 2.45) is 0 Å². The number of benzene rings is 1. The summed E-state index contributed by atoms with van der Waals surface area (Å²) < 4.78 is 0. The van der Waals surface area contributed by atoms with Gasteiger partial charge in [0.15, 0.2) is 0 Å². The first-order chi connectivity index (χ1) is 9.15. The molecule has 0 bridgehead atoms. The molecule has 1 aliphatic heterocycles. The number of rotatable bonds is 1. The number of urea groups is 1. The van der Waals surface area contributed by atoms with Gasteiger partial charge in [0, 0.05) is 18.6 Å². The molecule has 1 fully saturated rings. The molecule has 0 spiro atoms. The first kappa shape index (κ1) is 11.4. The molecular formula is C14H11N3O2. The van der Waals surface area contributed by atoms with Crippen LogP contribution in [0.25, 0.3) is 17.0 Å². The van der Waals surface area contributed by atoms with Gasteiger partial charge >= 0.3 is 6.03 Å². The van der Waals surface area contributed by atoms with E-state index in [1.165, 1.54) is 7.05 Å². The van der Waals surface area contributed by atoms with Crippen molar-refractivity contribution >= 4 is 28.9 Å². The third-order valence-electron chi connectivity index (χ3n) is 3.00. The molecule has 2 aromatic rings. The zero-order valence-electron chi connectivity index (χ0n) is 10.3. The molecule has 1 saturated heterocycles. The van der Waals surface area contributed by atoms with Gasteiger partial charge in [-0.05, 0) is 23.8 Å². The number of pyridine rings is 1. The van der Waals surface area contributed by atoms with Gasteiger partial charge in [0.05, 0.1) is 5.52 Å². The number of likely N-dealkylation sites (N-methyl/N-ethyl adjacent to an activating group) is 1. The second-order valence-electron chi connectivity index (χ2n) is 4.31. The smallest absolute Gasteiger partial charge is 0.303 e. The van der Waals surface area contributed by atoms with Crippen molar-refractivity contribution < 1.29 is 9.59 Å². The zero-order valence-corrected chi connectivity index (χ0v) is 10.3. The summed E-state index contributed by atoms with van der Waals surface area (Å²) in [7, 11) is 1.44. The van der Waals surface area contributed by atoms with E-state index in [0.29, 0.717) is 0 Å². The number of nitrogens with zero attached hydrogens (tertiary/aromatic N) is 2. The lowest BCUT2D eigenvalue weighted by molar-refractivity contribution is -0.121. The molecule has 19 heavy (non-hydrogen) atoms. The molecule has 1 aromatic carbocycles. The molecule has 1 N–H and O–H groups in total. The Morgan fingerprint density at radius 1 is 1.26 bits per heavy atom. The molecule has 5 heteroatoms. The number of carbonyl (C=O) groups is 2. The Morgan fingerprint density at radius 3 is 2.79 bits per heavy atom. The summed E-state index contributed by atoms with van der Waals surface area (Å²) in [5.74, 6) is -0.335. The molecule has 1 aliphatic rings. The second kappa shape index (κ2) is 4.20. The lowest BCUT2D eigenvalue weighted by Gasteiger charge is -2.00. The summed E-state index contributed by atoms with van der Waals surface area (Å²) in [6, 6.07) is 9.23. The molecule has 0 aliphatic carbocycles. The molecule has 3 rings (SSSR count). The Balaban J connectivity index is 2.02. The van der Waals surface area contributed by atoms with Crippen LogP contribution in [0.5, 0.6) is 0 Å². The van der Waals surface area contributed by atoms with Gasteiger partial charge in [-0.2, -0.15) is 0 Å². The monoisotopic (exact) mass is 253 g/mol. The van der Waals surface area contributed by atoms with Gasteiger partial charge < -0.3 is 5.32 Å². The minimum atomic E-state index is -0.412. The zero-order chi connectivity index (χ0) is 13.4. The predicted octanol–water partition coefficient (Wildman–Crippen LogP) is 1.76. The van der Waals surface area contributed by atoms with Crippen LogP contribution in [0, 0.1) is 0 Å². The second-order valence-corrected chi connectivity index (χ2v) is 4.31. The van der Waals surface area contributed by atoms with Crippen LogP contribution in [-0.2, 0) is 4.79 Å². The molecule has 1 aromatic heterocycles. The van der Waals surface area contributed by atoms with Crippen molar-refractivity contribution in [3.63, 3.8) is 0 Å². The third-order valence-corrected chi connectivity index (χ3v) is 3.00. The highest BCUT2D eigenvalue weighted by Crippen LogP contribution is 2.16. The fourth-order valence-corrected chi connectivity index (χ4v) is 1.96. The Bertz CT molecular complexity index is 721. The van der Waals surface area contributed by atoms with Crippen molar-refractivity contribution in [3.8, 4) is 0 Å². The normalized spacial score (nSPS) is 17.3. The Hall–Kier alpha value is -2.69. The van der Waals surface area contributed by atoms with Gasteiger partial charge in [0.1, 0.15) is 5.70 Å². The molecule has 0 saturated carbocycles. The lowest BCUT2D eigenvalue weighted by Crippen LogP contribution is -2.25. The van der Waals surface area contributed by atoms with Crippen LogP contribution in [0.15, 0.2) is 42.2 Å². The minimum absolute atomic E-state index is 0.268. The van der Waals surface area contributed by atoms with Crippen LogP contribution in [0.3, 0.4) is 0 Å². The molecule has 5 nitrogen and oxygen atoms in total. The van der Waals surface area contributed by atoms with E-state index in [4.69, 9.17) is 0 Å². The predicted molar refractivity (Wildman–Crippen MR) is 71.0 cm³/mol. The number of para-hydroxylation sites is 1. The average molecular weight is 253 g/mol. The molecule has 0 atom stereocenters. The maximum absolute atomic E-state index is 11.7. The molecule has 0 unspecified atom stereocenters. The molecule has 3 amide bonds. The van der Waals surface area contributed by atoms with E-state index < -0.39 is 6.03 Å². The summed E-state index contributed by atoms with van der Waals surface area (Å²) in [6.45, 7) is 0. The Morgan fingerprint density at radius 2 is 2.05 bits per heavy atom. The van der Waals surface area contributed by atoms with Crippen LogP contribution in [0.1, 0.15) is 5.56 Å². The molecule has 94 valence electrons. The van der Waals surface area contributed by atoms with Crippen molar-refractivity contribution in [2.75, 3.05) is 7.05 Å². The topological polar surface area (TPSA) is 62.3 Å². The van der Waals surface area contributed by atoms with Gasteiger partial charge in [-0.25, -0.2) is 4.79 Å². The summed E-state index contributed by atoms with van der Waals surface area (Å²) >= 11 is 0. The van der Waals surface area contributed by atoms with Gasteiger partial charge in [0.25, 0.3) is 5.91 Å². The van der Waals surface area contributed by atoms with E-state index in [9.17, 15) is 9.59 Å². The van der Waals surface area contributed by atoms with Crippen molar-refractivity contribution in [1.82, 2.24) is 15.2 Å². The highest BCUT2D eigenvalue weighted by Gasteiger charge is 2.29. The lowest BCUT2D eigenvalue weighted by atomic mass is 10.1. The highest BCUT2D eigenvalue weighted by molar-refractivity contribution is 6.13. The number of aromatic nitrogens is 1. The maximum Gasteiger partial charge on any atom is 0.328 e. The van der Waals surface area contributed by atoms with Crippen LogP contribution in [-0.4, -0.2) is 28.9 Å². The molecular weight excluding hydrogens is 242 g/mol. The molecule has 2 heterocycles. The van der Waals surface area contributed by atoms with Gasteiger partial charge in [-0.3, -0.25) is 14.7 Å². The van der Waals surface area contributed by atoms with Gasteiger partial charge in [-0.1, -0.05) is 18.2 Å². The Kier molecular flexibility index (Phi) is 2.52. The van der Waals surface area contributed by atoms with E-state index in [2.05, 4.69) is 10.3 Å². The number of imide groups is 1.